The number of nitrogens with one attached hydrogen (secondary N) is 1. The lowest BCUT2D eigenvalue weighted by Gasteiger charge is -2.37. The van der Waals surface area contributed by atoms with E-state index in [1.807, 2.05) is 12.1 Å². The predicted octanol–water partition coefficient (Wildman–Crippen LogP) is 4.54. The van der Waals surface area contributed by atoms with Gasteiger partial charge in [-0.05, 0) is 43.3 Å². The summed E-state index contributed by atoms with van der Waals surface area (Å²) in [4.78, 5) is 30.9. The maximum atomic E-state index is 15.4. The first-order valence-electron chi connectivity index (χ1n) is 11.7. The van der Waals surface area contributed by atoms with E-state index in [1.54, 1.807) is 58.6 Å². The number of halogens is 1. The van der Waals surface area contributed by atoms with E-state index >= 15 is 4.39 Å². The fraction of sp³-hybridized carbons (Fsp3) is 0.154. The summed E-state index contributed by atoms with van der Waals surface area (Å²) in [6.45, 7) is 6.44. The molecule has 0 unspecified atom stereocenters. The van der Waals surface area contributed by atoms with E-state index in [0.29, 0.717) is 52.7 Å². The van der Waals surface area contributed by atoms with Crippen LogP contribution >= 0.6 is 11.8 Å². The van der Waals surface area contributed by atoms with Gasteiger partial charge in [-0.1, -0.05) is 18.3 Å². The van der Waals surface area contributed by atoms with Crippen molar-refractivity contribution in [3.8, 4) is 11.5 Å². The molecule has 1 N–H and O–H groups in total. The van der Waals surface area contributed by atoms with Gasteiger partial charge < -0.3 is 15.0 Å². The number of anilines is 2. The minimum atomic E-state index is -0.468. The van der Waals surface area contributed by atoms with Crippen molar-refractivity contribution in [3.63, 3.8) is 0 Å². The Labute approximate surface area is 220 Å². The summed E-state index contributed by atoms with van der Waals surface area (Å²) in [5.41, 5.74) is 2.35. The molecular formula is C26H21FN8O2S. The number of pyridine rings is 2. The molecule has 0 bridgehead atoms. The smallest absolute Gasteiger partial charge is 0.246 e. The number of hydrogen-bond acceptors (Lipinski definition) is 9. The van der Waals surface area contributed by atoms with Crippen molar-refractivity contribution >= 4 is 45.9 Å². The lowest BCUT2D eigenvalue weighted by atomic mass is 10.1. The molecule has 0 saturated carbocycles. The van der Waals surface area contributed by atoms with Gasteiger partial charge in [-0.25, -0.2) is 28.8 Å². The SMILES string of the molecule is C=CC(=O)N1CC(Sc2ccc3ncnc(Nc4ccc(Oc5ccn6ncnc6c5)c(C)c4F)c3n2)C1. The van der Waals surface area contributed by atoms with Gasteiger partial charge in [0.05, 0.1) is 16.2 Å². The number of likely N-dealkylation sites (tertiary alicyclic amines) is 1. The van der Waals surface area contributed by atoms with Gasteiger partial charge in [0.1, 0.15) is 29.7 Å². The van der Waals surface area contributed by atoms with Crippen LogP contribution in [0.2, 0.25) is 0 Å². The monoisotopic (exact) mass is 528 g/mol. The van der Waals surface area contributed by atoms with Crippen LogP contribution in [0.1, 0.15) is 5.56 Å². The molecule has 5 heterocycles. The molecule has 0 atom stereocenters. The zero-order valence-corrected chi connectivity index (χ0v) is 21.0. The molecule has 0 aliphatic carbocycles. The first-order valence-corrected chi connectivity index (χ1v) is 12.6. The van der Waals surface area contributed by atoms with Crippen molar-refractivity contribution < 1.29 is 13.9 Å². The fourth-order valence-corrected chi connectivity index (χ4v) is 5.20. The van der Waals surface area contributed by atoms with Crippen molar-refractivity contribution in [1.29, 1.82) is 0 Å². The van der Waals surface area contributed by atoms with Crippen LogP contribution in [-0.2, 0) is 4.79 Å². The summed E-state index contributed by atoms with van der Waals surface area (Å²) in [6.07, 6.45) is 5.90. The average molecular weight is 529 g/mol. The molecule has 1 saturated heterocycles. The van der Waals surface area contributed by atoms with Crippen LogP contribution in [0.5, 0.6) is 11.5 Å². The lowest BCUT2D eigenvalue weighted by Crippen LogP contribution is -2.51. The van der Waals surface area contributed by atoms with Gasteiger partial charge in [0.25, 0.3) is 0 Å². The third-order valence-corrected chi connectivity index (χ3v) is 7.25. The van der Waals surface area contributed by atoms with Gasteiger partial charge in [-0.15, -0.1) is 0 Å². The third kappa shape index (κ3) is 4.50. The zero-order chi connectivity index (χ0) is 26.2. The minimum Gasteiger partial charge on any atom is -0.457 e. The molecule has 6 rings (SSSR count). The van der Waals surface area contributed by atoms with Crippen molar-refractivity contribution in [2.75, 3.05) is 18.4 Å². The van der Waals surface area contributed by atoms with Crippen molar-refractivity contribution in [2.24, 2.45) is 0 Å². The number of carbonyl (C=O) groups excluding carboxylic acids is 1. The second kappa shape index (κ2) is 9.71. The van der Waals surface area contributed by atoms with E-state index in [0.717, 1.165) is 5.03 Å². The highest BCUT2D eigenvalue weighted by Crippen LogP contribution is 2.34. The molecule has 1 aliphatic rings. The van der Waals surface area contributed by atoms with Crippen LogP contribution in [0, 0.1) is 12.7 Å². The van der Waals surface area contributed by atoms with Crippen molar-refractivity contribution in [1.82, 2.24) is 34.4 Å². The van der Waals surface area contributed by atoms with Crippen LogP contribution in [0.15, 0.2) is 72.9 Å². The molecule has 190 valence electrons. The summed E-state index contributed by atoms with van der Waals surface area (Å²) in [7, 11) is 0. The third-order valence-electron chi connectivity index (χ3n) is 6.15. The largest absolute Gasteiger partial charge is 0.457 e. The van der Waals surface area contributed by atoms with E-state index in [2.05, 4.69) is 31.9 Å². The second-order valence-corrected chi connectivity index (χ2v) is 9.95. The Hall–Kier alpha value is -4.58. The van der Waals surface area contributed by atoms with Crippen LogP contribution in [0.4, 0.5) is 15.9 Å². The number of carbonyl (C=O) groups is 1. The average Bonchev–Trinajstić information content (AvgIpc) is 3.38. The minimum absolute atomic E-state index is 0.0710. The molecule has 0 spiro atoms. The molecule has 1 aromatic carbocycles. The first-order chi connectivity index (χ1) is 18.5. The molecule has 5 aromatic rings. The number of benzene rings is 1. The number of aromatic nitrogens is 6. The molecule has 1 fully saturated rings. The summed E-state index contributed by atoms with van der Waals surface area (Å²) in [5.74, 6) is 0.751. The number of hydrogen-bond donors (Lipinski definition) is 1. The van der Waals surface area contributed by atoms with Crippen molar-refractivity contribution in [2.45, 2.75) is 17.2 Å². The molecule has 4 aromatic heterocycles. The fourth-order valence-electron chi connectivity index (χ4n) is 4.06. The van der Waals surface area contributed by atoms with Crippen LogP contribution in [-0.4, -0.2) is 58.7 Å². The second-order valence-electron chi connectivity index (χ2n) is 8.63. The van der Waals surface area contributed by atoms with Gasteiger partial charge in [-0.2, -0.15) is 5.10 Å². The zero-order valence-electron chi connectivity index (χ0n) is 20.2. The molecule has 1 amide bonds. The Morgan fingerprint density at radius 3 is 2.89 bits per heavy atom. The molecule has 38 heavy (non-hydrogen) atoms. The summed E-state index contributed by atoms with van der Waals surface area (Å²) >= 11 is 1.58. The highest BCUT2D eigenvalue weighted by atomic mass is 32.2. The Morgan fingerprint density at radius 1 is 1.18 bits per heavy atom. The Kier molecular flexibility index (Phi) is 6.08. The standard InChI is InChI=1S/C26H21FN8O2S/c1-3-23(36)34-11-17(12-34)38-22-7-5-19-25(33-22)26(30-13-28-19)32-18-4-6-20(15(2)24(18)27)37-16-8-9-35-21(10-16)29-14-31-35/h3-10,13-14,17H,1,11-12H2,2H3,(H,28,30,32). The van der Waals surface area contributed by atoms with E-state index in [-0.39, 0.29) is 16.8 Å². The summed E-state index contributed by atoms with van der Waals surface area (Å²) < 4.78 is 22.9. The van der Waals surface area contributed by atoms with Gasteiger partial charge in [0, 0.05) is 36.2 Å². The number of fused-ring (bicyclic) bond motifs is 2. The predicted molar refractivity (Wildman–Crippen MR) is 141 cm³/mol. The number of rotatable bonds is 7. The van der Waals surface area contributed by atoms with E-state index in [4.69, 9.17) is 9.72 Å². The van der Waals surface area contributed by atoms with Crippen LogP contribution in [0.3, 0.4) is 0 Å². The highest BCUT2D eigenvalue weighted by Gasteiger charge is 2.30. The first kappa shape index (κ1) is 23.8. The number of amides is 1. The molecule has 0 radical (unpaired) electrons. The van der Waals surface area contributed by atoms with Crippen LogP contribution < -0.4 is 10.1 Å². The molecule has 10 nitrogen and oxygen atoms in total. The maximum absolute atomic E-state index is 15.4. The lowest BCUT2D eigenvalue weighted by molar-refractivity contribution is -0.128. The normalized spacial score (nSPS) is 13.5. The highest BCUT2D eigenvalue weighted by molar-refractivity contribution is 8.00. The molecular weight excluding hydrogens is 507 g/mol. The number of ether oxygens (including phenoxy) is 1. The Morgan fingerprint density at radius 2 is 2.05 bits per heavy atom. The van der Waals surface area contributed by atoms with E-state index < -0.39 is 5.82 Å². The van der Waals surface area contributed by atoms with E-state index in [1.165, 1.54) is 18.7 Å². The van der Waals surface area contributed by atoms with Gasteiger partial charge in [-0.3, -0.25) is 4.79 Å². The summed E-state index contributed by atoms with van der Waals surface area (Å²) in [6, 6.07) is 10.5. The molecule has 12 heteroatoms. The van der Waals surface area contributed by atoms with Gasteiger partial charge in [0.15, 0.2) is 17.3 Å². The summed E-state index contributed by atoms with van der Waals surface area (Å²) in [5, 5.41) is 8.14. The van der Waals surface area contributed by atoms with Gasteiger partial charge in [0.2, 0.25) is 5.91 Å². The van der Waals surface area contributed by atoms with Crippen LogP contribution in [0.25, 0.3) is 16.7 Å². The van der Waals surface area contributed by atoms with Crippen molar-refractivity contribution in [3.05, 3.63) is 79.3 Å². The number of thioether (sulfide) groups is 1. The number of nitrogens with zero attached hydrogens (tertiary/aromatic N) is 7. The maximum Gasteiger partial charge on any atom is 0.246 e. The van der Waals surface area contributed by atoms with E-state index in [9.17, 15) is 4.79 Å². The Bertz CT molecular complexity index is 1700. The quantitative estimate of drug-likeness (QED) is 0.304. The Balaban J connectivity index is 1.22. The topological polar surface area (TPSA) is 110 Å². The van der Waals surface area contributed by atoms with Gasteiger partial charge >= 0.3 is 0 Å². The molecule has 1 aliphatic heterocycles.